The lowest BCUT2D eigenvalue weighted by atomic mass is 10.3. The average Bonchev–Trinajstić information content (AvgIpc) is 3.08. The highest BCUT2D eigenvalue weighted by molar-refractivity contribution is 7.89. The quantitative estimate of drug-likeness (QED) is 0.664. The molecule has 1 heterocycles. The molecule has 2 aromatic rings. The first-order chi connectivity index (χ1) is 11.5. The maximum Gasteiger partial charge on any atom is 0.241 e. The van der Waals surface area contributed by atoms with Crippen molar-refractivity contribution >= 4 is 15.9 Å². The Morgan fingerprint density at radius 2 is 2.00 bits per heavy atom. The molecule has 2 N–H and O–H groups in total. The second-order valence-electron chi connectivity index (χ2n) is 5.45. The summed E-state index contributed by atoms with van der Waals surface area (Å²) < 4.78 is 28.7. The van der Waals surface area contributed by atoms with Crippen molar-refractivity contribution < 1.29 is 13.2 Å². The van der Waals surface area contributed by atoms with Gasteiger partial charge in [0.1, 0.15) is 0 Å². The number of benzene rings is 1. The maximum absolute atomic E-state index is 12.2. The third kappa shape index (κ3) is 5.47. The number of unbranched alkanes of at least 4 members (excludes halogenated alkanes) is 1. The topological polar surface area (TPSA) is 93.1 Å². The largest absolute Gasteiger partial charge is 0.355 e. The smallest absolute Gasteiger partial charge is 0.241 e. The van der Waals surface area contributed by atoms with Gasteiger partial charge in [-0.1, -0.05) is 18.2 Å². The van der Waals surface area contributed by atoms with Gasteiger partial charge in [-0.15, -0.1) is 0 Å². The molecule has 130 valence electrons. The van der Waals surface area contributed by atoms with E-state index in [4.69, 9.17) is 0 Å². The standard InChI is InChI=1S/C16H22N4O3S/c1-14(19-24(22,23)15-7-3-2-4-8-15)16(21)18-9-5-6-11-20-12-10-17-13-20/h2-4,7-8,10,12-14,19H,5-6,9,11H2,1H3,(H,18,21). The molecule has 7 nitrogen and oxygen atoms in total. The van der Waals surface area contributed by atoms with Crippen LogP contribution >= 0.6 is 0 Å². The van der Waals surface area contributed by atoms with Crippen molar-refractivity contribution in [1.82, 2.24) is 19.6 Å². The zero-order valence-electron chi connectivity index (χ0n) is 13.6. The van der Waals surface area contributed by atoms with Crippen LogP contribution in [-0.2, 0) is 21.4 Å². The predicted molar refractivity (Wildman–Crippen MR) is 90.7 cm³/mol. The Morgan fingerprint density at radius 1 is 1.25 bits per heavy atom. The van der Waals surface area contributed by atoms with Gasteiger partial charge in [0.15, 0.2) is 0 Å². The van der Waals surface area contributed by atoms with Crippen LogP contribution in [0.5, 0.6) is 0 Å². The minimum Gasteiger partial charge on any atom is -0.355 e. The summed E-state index contributed by atoms with van der Waals surface area (Å²) in [4.78, 5) is 16.1. The molecule has 1 unspecified atom stereocenters. The highest BCUT2D eigenvalue weighted by Crippen LogP contribution is 2.07. The molecule has 0 saturated carbocycles. The molecule has 1 aromatic heterocycles. The van der Waals surface area contributed by atoms with Crippen LogP contribution in [0.4, 0.5) is 0 Å². The summed E-state index contributed by atoms with van der Waals surface area (Å²) in [5.74, 6) is -0.336. The number of sulfonamides is 1. The van der Waals surface area contributed by atoms with Crippen molar-refractivity contribution in [3.05, 3.63) is 49.1 Å². The van der Waals surface area contributed by atoms with Gasteiger partial charge in [0, 0.05) is 25.5 Å². The Hall–Kier alpha value is -2.19. The second kappa shape index (κ2) is 8.60. The van der Waals surface area contributed by atoms with Gasteiger partial charge >= 0.3 is 0 Å². The van der Waals surface area contributed by atoms with Gasteiger partial charge in [-0.2, -0.15) is 4.72 Å². The zero-order chi connectivity index (χ0) is 17.4. The fourth-order valence-electron chi connectivity index (χ4n) is 2.16. The lowest BCUT2D eigenvalue weighted by molar-refractivity contribution is -0.122. The number of nitrogens with one attached hydrogen (secondary N) is 2. The third-order valence-corrected chi connectivity index (χ3v) is 5.04. The number of carbonyl (C=O) groups is 1. The molecule has 0 aliphatic heterocycles. The number of imidazole rings is 1. The number of aryl methyl sites for hydroxylation is 1. The molecular formula is C16H22N4O3S. The summed E-state index contributed by atoms with van der Waals surface area (Å²) >= 11 is 0. The number of rotatable bonds is 9. The van der Waals surface area contributed by atoms with Crippen molar-refractivity contribution in [3.8, 4) is 0 Å². The summed E-state index contributed by atoms with van der Waals surface area (Å²) in [6.45, 7) is 2.87. The minimum absolute atomic E-state index is 0.144. The van der Waals surface area contributed by atoms with E-state index in [1.165, 1.54) is 19.1 Å². The molecule has 1 aromatic carbocycles. The van der Waals surface area contributed by atoms with E-state index in [1.54, 1.807) is 30.7 Å². The highest BCUT2D eigenvalue weighted by Gasteiger charge is 2.21. The summed E-state index contributed by atoms with van der Waals surface area (Å²) in [5.41, 5.74) is 0. The van der Waals surface area contributed by atoms with Crippen LogP contribution in [-0.4, -0.2) is 36.5 Å². The molecule has 2 rings (SSSR count). The first-order valence-electron chi connectivity index (χ1n) is 7.80. The number of amides is 1. The first kappa shape index (κ1) is 18.2. The Kier molecular flexibility index (Phi) is 6.51. The fourth-order valence-corrected chi connectivity index (χ4v) is 3.38. The summed E-state index contributed by atoms with van der Waals surface area (Å²) in [7, 11) is -3.69. The molecular weight excluding hydrogens is 328 g/mol. The number of hydrogen-bond acceptors (Lipinski definition) is 4. The highest BCUT2D eigenvalue weighted by atomic mass is 32.2. The predicted octanol–water partition coefficient (Wildman–Crippen LogP) is 1.15. The van der Waals surface area contributed by atoms with E-state index in [9.17, 15) is 13.2 Å². The molecule has 0 radical (unpaired) electrons. The Morgan fingerprint density at radius 3 is 2.67 bits per heavy atom. The summed E-state index contributed by atoms with van der Waals surface area (Å²) in [5, 5.41) is 2.75. The van der Waals surface area contributed by atoms with Gasteiger partial charge in [-0.3, -0.25) is 4.79 Å². The van der Waals surface area contributed by atoms with Crippen LogP contribution in [0.15, 0.2) is 53.9 Å². The first-order valence-corrected chi connectivity index (χ1v) is 9.28. The van der Waals surface area contributed by atoms with Gasteiger partial charge < -0.3 is 9.88 Å². The molecule has 8 heteroatoms. The van der Waals surface area contributed by atoms with E-state index in [-0.39, 0.29) is 10.8 Å². The van der Waals surface area contributed by atoms with Crippen molar-refractivity contribution in [1.29, 1.82) is 0 Å². The summed E-state index contributed by atoms with van der Waals surface area (Å²) in [6, 6.07) is 7.16. The van der Waals surface area contributed by atoms with E-state index in [1.807, 2.05) is 10.8 Å². The normalized spacial score (nSPS) is 12.7. The van der Waals surface area contributed by atoms with Crippen LogP contribution in [0, 0.1) is 0 Å². The van der Waals surface area contributed by atoms with Crippen molar-refractivity contribution in [2.75, 3.05) is 6.54 Å². The van der Waals surface area contributed by atoms with Crippen molar-refractivity contribution in [2.24, 2.45) is 0 Å². The Bertz CT molecular complexity index is 730. The molecule has 0 aliphatic rings. The molecule has 0 saturated heterocycles. The number of aromatic nitrogens is 2. The molecule has 0 aliphatic carbocycles. The fraction of sp³-hybridized carbons (Fsp3) is 0.375. The molecule has 24 heavy (non-hydrogen) atoms. The third-order valence-electron chi connectivity index (χ3n) is 3.48. The Balaban J connectivity index is 1.72. The van der Waals surface area contributed by atoms with E-state index >= 15 is 0 Å². The SMILES string of the molecule is CC(NS(=O)(=O)c1ccccc1)C(=O)NCCCCn1ccnc1. The molecule has 0 bridgehead atoms. The van der Waals surface area contributed by atoms with Gasteiger partial charge in [-0.05, 0) is 31.9 Å². The van der Waals surface area contributed by atoms with Crippen molar-refractivity contribution in [2.45, 2.75) is 37.2 Å². The Labute approximate surface area is 142 Å². The maximum atomic E-state index is 12.2. The number of nitrogens with zero attached hydrogens (tertiary/aromatic N) is 2. The number of carbonyl (C=O) groups excluding carboxylic acids is 1. The second-order valence-corrected chi connectivity index (χ2v) is 7.17. The zero-order valence-corrected chi connectivity index (χ0v) is 14.4. The monoisotopic (exact) mass is 350 g/mol. The molecule has 1 amide bonds. The number of hydrogen-bond donors (Lipinski definition) is 2. The lowest BCUT2D eigenvalue weighted by Gasteiger charge is -2.14. The van der Waals surface area contributed by atoms with E-state index < -0.39 is 16.1 Å². The lowest BCUT2D eigenvalue weighted by Crippen LogP contribution is -2.44. The van der Waals surface area contributed by atoms with Gasteiger partial charge in [0.25, 0.3) is 0 Å². The summed E-state index contributed by atoms with van der Waals surface area (Å²) in [6.07, 6.45) is 7.07. The van der Waals surface area contributed by atoms with Crippen LogP contribution in [0.3, 0.4) is 0 Å². The molecule has 1 atom stereocenters. The minimum atomic E-state index is -3.69. The average molecular weight is 350 g/mol. The van der Waals surface area contributed by atoms with E-state index in [0.717, 1.165) is 19.4 Å². The molecule has 0 spiro atoms. The van der Waals surface area contributed by atoms with E-state index in [0.29, 0.717) is 6.54 Å². The van der Waals surface area contributed by atoms with Crippen LogP contribution in [0.25, 0.3) is 0 Å². The van der Waals surface area contributed by atoms with Crippen LogP contribution < -0.4 is 10.0 Å². The van der Waals surface area contributed by atoms with Crippen LogP contribution in [0.1, 0.15) is 19.8 Å². The van der Waals surface area contributed by atoms with Crippen LogP contribution in [0.2, 0.25) is 0 Å². The molecule has 0 fully saturated rings. The van der Waals surface area contributed by atoms with E-state index in [2.05, 4.69) is 15.0 Å². The van der Waals surface area contributed by atoms with Gasteiger partial charge in [0.05, 0.1) is 17.3 Å². The van der Waals surface area contributed by atoms with Crippen molar-refractivity contribution in [3.63, 3.8) is 0 Å². The van der Waals surface area contributed by atoms with Gasteiger partial charge in [0.2, 0.25) is 15.9 Å². The van der Waals surface area contributed by atoms with Gasteiger partial charge in [-0.25, -0.2) is 13.4 Å².